The Morgan fingerprint density at radius 1 is 0.808 bits per heavy atom. The molecular weight excluding hydrogens is 365 g/mol. The number of rotatable bonds is 4. The van der Waals surface area contributed by atoms with Crippen molar-refractivity contribution in [1.82, 2.24) is 4.98 Å². The minimum absolute atomic E-state index is 0.522. The largest absolute Gasteiger partial charge is 0.355 e. The van der Waals surface area contributed by atoms with Gasteiger partial charge in [-0.2, -0.15) is 0 Å². The van der Waals surface area contributed by atoms with Gasteiger partial charge in [0.2, 0.25) is 0 Å². The molecule has 3 N–H and O–H groups in total. The average Bonchev–Trinajstić information content (AvgIpc) is 2.65. The number of anilines is 2. The molecule has 0 atom stereocenters. The molecular formula is C21H17Cl2N3. The molecule has 3 aromatic carbocycles. The first-order chi connectivity index (χ1) is 12.7. The Morgan fingerprint density at radius 3 is 2.35 bits per heavy atom. The van der Waals surface area contributed by atoms with Crippen LogP contribution in [0, 0.1) is 0 Å². The SMILES string of the molecule is NCCc1c2ccccc2nc2ccc(Nc3ccc(Cl)c(Cl)c3)cc12. The Labute approximate surface area is 161 Å². The topological polar surface area (TPSA) is 50.9 Å². The number of aromatic nitrogens is 1. The highest BCUT2D eigenvalue weighted by Gasteiger charge is 2.09. The van der Waals surface area contributed by atoms with Gasteiger partial charge in [0.25, 0.3) is 0 Å². The summed E-state index contributed by atoms with van der Waals surface area (Å²) >= 11 is 12.1. The van der Waals surface area contributed by atoms with Crippen molar-refractivity contribution in [3.05, 3.63) is 76.3 Å². The monoisotopic (exact) mass is 381 g/mol. The van der Waals surface area contributed by atoms with Crippen molar-refractivity contribution in [2.24, 2.45) is 5.73 Å². The number of para-hydroxylation sites is 1. The molecule has 0 fully saturated rings. The highest BCUT2D eigenvalue weighted by Crippen LogP contribution is 2.31. The normalized spacial score (nSPS) is 11.2. The molecule has 4 aromatic rings. The van der Waals surface area contributed by atoms with Crippen LogP contribution in [0.2, 0.25) is 10.0 Å². The minimum Gasteiger partial charge on any atom is -0.355 e. The number of benzene rings is 3. The zero-order valence-corrected chi connectivity index (χ0v) is 15.5. The molecule has 0 amide bonds. The van der Waals surface area contributed by atoms with Gasteiger partial charge in [-0.15, -0.1) is 0 Å². The van der Waals surface area contributed by atoms with Gasteiger partial charge >= 0.3 is 0 Å². The first-order valence-electron chi connectivity index (χ1n) is 8.39. The summed E-state index contributed by atoms with van der Waals surface area (Å²) in [4.78, 5) is 4.79. The molecule has 0 aliphatic heterocycles. The lowest BCUT2D eigenvalue weighted by Gasteiger charge is -2.13. The van der Waals surface area contributed by atoms with Crippen LogP contribution in [0.25, 0.3) is 21.8 Å². The second-order valence-corrected chi connectivity index (χ2v) is 6.95. The van der Waals surface area contributed by atoms with Crippen molar-refractivity contribution in [2.75, 3.05) is 11.9 Å². The number of halogens is 2. The number of hydrogen-bond donors (Lipinski definition) is 2. The third-order valence-corrected chi connectivity index (χ3v) is 5.13. The van der Waals surface area contributed by atoms with Crippen molar-refractivity contribution in [2.45, 2.75) is 6.42 Å². The van der Waals surface area contributed by atoms with Crippen LogP contribution in [0.15, 0.2) is 60.7 Å². The molecule has 0 saturated carbocycles. The zero-order valence-electron chi connectivity index (χ0n) is 14.0. The predicted octanol–water partition coefficient (Wildman–Crippen LogP) is 5.94. The van der Waals surface area contributed by atoms with E-state index in [1.807, 2.05) is 42.5 Å². The molecule has 26 heavy (non-hydrogen) atoms. The van der Waals surface area contributed by atoms with E-state index >= 15 is 0 Å². The van der Waals surface area contributed by atoms with E-state index in [1.54, 1.807) is 6.07 Å². The maximum absolute atomic E-state index is 6.11. The van der Waals surface area contributed by atoms with Gasteiger partial charge in [-0.05, 0) is 61.0 Å². The summed E-state index contributed by atoms with van der Waals surface area (Å²) in [5, 5.41) is 6.70. The summed E-state index contributed by atoms with van der Waals surface area (Å²) in [5.41, 5.74) is 10.9. The minimum atomic E-state index is 0.522. The highest BCUT2D eigenvalue weighted by atomic mass is 35.5. The quantitative estimate of drug-likeness (QED) is 0.430. The summed E-state index contributed by atoms with van der Waals surface area (Å²) in [6.07, 6.45) is 0.801. The van der Waals surface area contributed by atoms with Crippen LogP contribution in [0.4, 0.5) is 11.4 Å². The molecule has 0 radical (unpaired) electrons. The van der Waals surface area contributed by atoms with Gasteiger partial charge in [0.1, 0.15) is 0 Å². The molecule has 0 spiro atoms. The second kappa shape index (κ2) is 7.12. The number of fused-ring (bicyclic) bond motifs is 2. The Hall–Kier alpha value is -2.33. The molecule has 0 saturated heterocycles. The molecule has 0 bridgehead atoms. The molecule has 0 aliphatic rings. The predicted molar refractivity (Wildman–Crippen MR) is 112 cm³/mol. The third kappa shape index (κ3) is 3.21. The van der Waals surface area contributed by atoms with Gasteiger partial charge in [0, 0.05) is 22.1 Å². The van der Waals surface area contributed by atoms with Crippen molar-refractivity contribution in [1.29, 1.82) is 0 Å². The number of nitrogens with one attached hydrogen (secondary N) is 1. The summed E-state index contributed by atoms with van der Waals surface area (Å²) in [6.45, 7) is 0.591. The smallest absolute Gasteiger partial charge is 0.0714 e. The van der Waals surface area contributed by atoms with Crippen LogP contribution in [0.3, 0.4) is 0 Å². The standard InChI is InChI=1S/C21H17Cl2N3/c22-18-7-5-14(12-19(18)23)25-13-6-8-21-17(11-13)15(9-10-24)16-3-1-2-4-20(16)26-21/h1-8,11-12,25H,9-10,24H2. The average molecular weight is 382 g/mol. The second-order valence-electron chi connectivity index (χ2n) is 6.13. The van der Waals surface area contributed by atoms with Gasteiger partial charge in [-0.1, -0.05) is 41.4 Å². The van der Waals surface area contributed by atoms with E-state index in [0.717, 1.165) is 39.6 Å². The Bertz CT molecular complexity index is 1110. The van der Waals surface area contributed by atoms with Crippen molar-refractivity contribution >= 4 is 56.4 Å². The van der Waals surface area contributed by atoms with Crippen LogP contribution >= 0.6 is 23.2 Å². The molecule has 4 rings (SSSR count). The van der Waals surface area contributed by atoms with Crippen LogP contribution in [-0.2, 0) is 6.42 Å². The van der Waals surface area contributed by atoms with Crippen LogP contribution in [-0.4, -0.2) is 11.5 Å². The summed E-state index contributed by atoms with van der Waals surface area (Å²) in [6, 6.07) is 19.8. The molecule has 5 heteroatoms. The van der Waals surface area contributed by atoms with E-state index in [1.165, 1.54) is 5.56 Å². The lowest BCUT2D eigenvalue weighted by atomic mass is 9.99. The molecule has 130 valence electrons. The van der Waals surface area contributed by atoms with Crippen LogP contribution < -0.4 is 11.1 Å². The Kier molecular flexibility index (Phi) is 4.68. The van der Waals surface area contributed by atoms with Gasteiger partial charge in [-0.3, -0.25) is 0 Å². The number of pyridine rings is 1. The number of hydrogen-bond acceptors (Lipinski definition) is 3. The number of nitrogens with two attached hydrogens (primary N) is 1. The molecule has 3 nitrogen and oxygen atoms in total. The third-order valence-electron chi connectivity index (χ3n) is 4.39. The molecule has 1 heterocycles. The molecule has 0 aliphatic carbocycles. The van der Waals surface area contributed by atoms with E-state index in [0.29, 0.717) is 16.6 Å². The maximum Gasteiger partial charge on any atom is 0.0714 e. The summed E-state index contributed by atoms with van der Waals surface area (Å²) in [7, 11) is 0. The zero-order chi connectivity index (χ0) is 18.1. The van der Waals surface area contributed by atoms with Crippen molar-refractivity contribution in [3.8, 4) is 0 Å². The Balaban J connectivity index is 1.83. The van der Waals surface area contributed by atoms with Gasteiger partial charge in [-0.25, -0.2) is 4.98 Å². The van der Waals surface area contributed by atoms with E-state index < -0.39 is 0 Å². The first-order valence-corrected chi connectivity index (χ1v) is 9.15. The van der Waals surface area contributed by atoms with Crippen LogP contribution in [0.5, 0.6) is 0 Å². The van der Waals surface area contributed by atoms with E-state index in [-0.39, 0.29) is 0 Å². The summed E-state index contributed by atoms with van der Waals surface area (Å²) in [5.74, 6) is 0. The fourth-order valence-electron chi connectivity index (χ4n) is 3.21. The number of nitrogens with zero attached hydrogens (tertiary/aromatic N) is 1. The van der Waals surface area contributed by atoms with Crippen molar-refractivity contribution in [3.63, 3.8) is 0 Å². The van der Waals surface area contributed by atoms with E-state index in [9.17, 15) is 0 Å². The van der Waals surface area contributed by atoms with E-state index in [4.69, 9.17) is 33.9 Å². The van der Waals surface area contributed by atoms with Crippen molar-refractivity contribution < 1.29 is 0 Å². The summed E-state index contributed by atoms with van der Waals surface area (Å²) < 4.78 is 0. The Morgan fingerprint density at radius 2 is 1.54 bits per heavy atom. The maximum atomic E-state index is 6.11. The molecule has 0 unspecified atom stereocenters. The van der Waals surface area contributed by atoms with Crippen LogP contribution in [0.1, 0.15) is 5.56 Å². The molecule has 1 aromatic heterocycles. The highest BCUT2D eigenvalue weighted by molar-refractivity contribution is 6.42. The lowest BCUT2D eigenvalue weighted by molar-refractivity contribution is 0.984. The van der Waals surface area contributed by atoms with Gasteiger partial charge in [0.05, 0.1) is 21.1 Å². The van der Waals surface area contributed by atoms with E-state index in [2.05, 4.69) is 17.4 Å². The lowest BCUT2D eigenvalue weighted by Crippen LogP contribution is -2.04. The van der Waals surface area contributed by atoms with Gasteiger partial charge in [0.15, 0.2) is 0 Å². The fraction of sp³-hybridized carbons (Fsp3) is 0.0952. The first kappa shape index (κ1) is 17.1. The van der Waals surface area contributed by atoms with Gasteiger partial charge < -0.3 is 11.1 Å². The fourth-order valence-corrected chi connectivity index (χ4v) is 3.51.